The van der Waals surface area contributed by atoms with Gasteiger partial charge in [0.1, 0.15) is 6.10 Å². The van der Waals surface area contributed by atoms with Crippen molar-refractivity contribution < 1.29 is 14.1 Å². The van der Waals surface area contributed by atoms with E-state index in [1.807, 2.05) is 0 Å². The Kier molecular flexibility index (Phi) is 5.58. The highest BCUT2D eigenvalue weighted by atomic mass is 16.5. The molecule has 0 radical (unpaired) electrons. The Morgan fingerprint density at radius 2 is 2.41 bits per heavy atom. The molecule has 0 aliphatic rings. The van der Waals surface area contributed by atoms with Crippen molar-refractivity contribution in [2.24, 2.45) is 5.73 Å². The lowest BCUT2D eigenvalue weighted by Gasteiger charge is -2.08. The van der Waals surface area contributed by atoms with Crippen LogP contribution in [0.2, 0.25) is 0 Å². The second-order valence-electron chi connectivity index (χ2n) is 3.63. The molecule has 0 saturated heterocycles. The molecule has 7 nitrogen and oxygen atoms in total. The van der Waals surface area contributed by atoms with Crippen molar-refractivity contribution in [3.63, 3.8) is 0 Å². The zero-order valence-electron chi connectivity index (χ0n) is 10.1. The molecule has 3 N–H and O–H groups in total. The average molecular weight is 242 g/mol. The van der Waals surface area contributed by atoms with Crippen LogP contribution in [-0.4, -0.2) is 29.7 Å². The molecule has 17 heavy (non-hydrogen) atoms. The van der Waals surface area contributed by atoms with E-state index in [0.717, 1.165) is 12.8 Å². The van der Waals surface area contributed by atoms with E-state index < -0.39 is 5.91 Å². The number of nitrogens with one attached hydrogen (secondary N) is 1. The van der Waals surface area contributed by atoms with Gasteiger partial charge in [0.15, 0.2) is 0 Å². The fourth-order valence-corrected chi connectivity index (χ4v) is 1.38. The van der Waals surface area contributed by atoms with Crippen LogP contribution in [0.4, 0.5) is 0 Å². The van der Waals surface area contributed by atoms with Gasteiger partial charge < -0.3 is 15.0 Å². The lowest BCUT2D eigenvalue weighted by Crippen LogP contribution is -2.28. The first-order valence-corrected chi connectivity index (χ1v) is 5.51. The van der Waals surface area contributed by atoms with E-state index in [-0.39, 0.29) is 12.6 Å². The first kappa shape index (κ1) is 13.6. The van der Waals surface area contributed by atoms with Crippen molar-refractivity contribution >= 4 is 5.91 Å². The molecule has 7 heteroatoms. The Morgan fingerprint density at radius 1 is 1.65 bits per heavy atom. The Bertz CT molecular complexity index is 353. The molecule has 0 fully saturated rings. The molecule has 0 aliphatic heterocycles. The predicted octanol–water partition coefficient (Wildman–Crippen LogP) is 0.132. The number of ether oxygens (including phenoxy) is 1. The largest absolute Gasteiger partial charge is 0.373 e. The standard InChI is InChI=1S/C10H18N4O3/c1-3-4-7(16-2)10-13-9(17-14-10)6-12-5-8(11)15/h7,12H,3-6H2,1-2H3,(H2,11,15). The van der Waals surface area contributed by atoms with E-state index in [4.69, 9.17) is 15.0 Å². The normalized spacial score (nSPS) is 12.6. The molecule has 1 aromatic rings. The highest BCUT2D eigenvalue weighted by molar-refractivity contribution is 5.75. The van der Waals surface area contributed by atoms with Crippen LogP contribution in [0.5, 0.6) is 0 Å². The van der Waals surface area contributed by atoms with Gasteiger partial charge in [-0.1, -0.05) is 18.5 Å². The Balaban J connectivity index is 2.48. The van der Waals surface area contributed by atoms with E-state index in [0.29, 0.717) is 18.3 Å². The SMILES string of the molecule is CCCC(OC)c1noc(CNCC(N)=O)n1. The van der Waals surface area contributed by atoms with E-state index in [2.05, 4.69) is 22.4 Å². The number of primary amides is 1. The predicted molar refractivity (Wildman–Crippen MR) is 59.9 cm³/mol. The smallest absolute Gasteiger partial charge is 0.240 e. The monoisotopic (exact) mass is 242 g/mol. The summed E-state index contributed by atoms with van der Waals surface area (Å²) in [4.78, 5) is 14.7. The number of aromatic nitrogens is 2. The topological polar surface area (TPSA) is 103 Å². The lowest BCUT2D eigenvalue weighted by atomic mass is 10.2. The van der Waals surface area contributed by atoms with Gasteiger partial charge in [-0.25, -0.2) is 0 Å². The third-order valence-corrected chi connectivity index (χ3v) is 2.18. The molecule has 1 atom stereocenters. The van der Waals surface area contributed by atoms with Gasteiger partial charge in [-0.3, -0.25) is 10.1 Å². The van der Waals surface area contributed by atoms with Crippen LogP contribution >= 0.6 is 0 Å². The number of methoxy groups -OCH3 is 1. The molecule has 0 aliphatic carbocycles. The summed E-state index contributed by atoms with van der Waals surface area (Å²) in [5.41, 5.74) is 4.98. The maximum Gasteiger partial charge on any atom is 0.240 e. The summed E-state index contributed by atoms with van der Waals surface area (Å²) in [5.74, 6) is 0.523. The van der Waals surface area contributed by atoms with Gasteiger partial charge in [0.05, 0.1) is 13.1 Å². The van der Waals surface area contributed by atoms with Gasteiger partial charge in [0.25, 0.3) is 0 Å². The molecule has 1 heterocycles. The third kappa shape index (κ3) is 4.49. The maximum absolute atomic E-state index is 10.5. The van der Waals surface area contributed by atoms with Gasteiger partial charge in [0, 0.05) is 7.11 Å². The minimum Gasteiger partial charge on any atom is -0.373 e. The molecule has 0 saturated carbocycles. The number of amides is 1. The molecule has 1 amide bonds. The number of hydrogen-bond acceptors (Lipinski definition) is 6. The van der Waals surface area contributed by atoms with Gasteiger partial charge in [-0.2, -0.15) is 4.98 Å². The number of nitrogens with two attached hydrogens (primary N) is 1. The fraction of sp³-hybridized carbons (Fsp3) is 0.700. The van der Waals surface area contributed by atoms with E-state index in [1.54, 1.807) is 7.11 Å². The van der Waals surface area contributed by atoms with Crippen LogP contribution in [0.1, 0.15) is 37.6 Å². The quantitative estimate of drug-likeness (QED) is 0.671. The van der Waals surface area contributed by atoms with Gasteiger partial charge in [-0.15, -0.1) is 0 Å². The Labute approximate surface area is 99.7 Å². The Hall–Kier alpha value is -1.47. The number of carbonyl (C=O) groups is 1. The maximum atomic E-state index is 10.5. The van der Waals surface area contributed by atoms with E-state index in [1.165, 1.54) is 0 Å². The zero-order chi connectivity index (χ0) is 12.7. The summed E-state index contributed by atoms with van der Waals surface area (Å²) in [5, 5.41) is 6.63. The number of nitrogens with zero attached hydrogens (tertiary/aromatic N) is 2. The van der Waals surface area contributed by atoms with E-state index in [9.17, 15) is 4.79 Å². The van der Waals surface area contributed by atoms with E-state index >= 15 is 0 Å². The zero-order valence-corrected chi connectivity index (χ0v) is 10.1. The molecular weight excluding hydrogens is 224 g/mol. The molecule has 1 rings (SSSR count). The second kappa shape index (κ2) is 6.97. The second-order valence-corrected chi connectivity index (χ2v) is 3.63. The van der Waals surface area contributed by atoms with Gasteiger partial charge in [-0.05, 0) is 6.42 Å². The first-order valence-electron chi connectivity index (χ1n) is 5.51. The van der Waals surface area contributed by atoms with Crippen LogP contribution in [0, 0.1) is 0 Å². The van der Waals surface area contributed by atoms with Crippen molar-refractivity contribution in [1.29, 1.82) is 0 Å². The van der Waals surface area contributed by atoms with Gasteiger partial charge in [0.2, 0.25) is 17.6 Å². The van der Waals surface area contributed by atoms with Crippen molar-refractivity contribution in [3.8, 4) is 0 Å². The summed E-state index contributed by atoms with van der Waals surface area (Å²) in [6.45, 7) is 2.46. The molecule has 0 aromatic carbocycles. The number of carbonyl (C=O) groups excluding carboxylic acids is 1. The summed E-state index contributed by atoms with van der Waals surface area (Å²) in [7, 11) is 1.61. The summed E-state index contributed by atoms with van der Waals surface area (Å²) in [6.07, 6.45) is 1.67. The minimum absolute atomic E-state index is 0.0837. The Morgan fingerprint density at radius 3 is 3.00 bits per heavy atom. The van der Waals surface area contributed by atoms with Crippen molar-refractivity contribution in [2.75, 3.05) is 13.7 Å². The van der Waals surface area contributed by atoms with Crippen LogP contribution in [-0.2, 0) is 16.1 Å². The van der Waals surface area contributed by atoms with Crippen molar-refractivity contribution in [1.82, 2.24) is 15.5 Å². The molecule has 0 bridgehead atoms. The van der Waals surface area contributed by atoms with Crippen molar-refractivity contribution in [3.05, 3.63) is 11.7 Å². The first-order chi connectivity index (χ1) is 8.17. The minimum atomic E-state index is -0.425. The molecule has 0 spiro atoms. The summed E-state index contributed by atoms with van der Waals surface area (Å²) in [6, 6.07) is 0. The average Bonchev–Trinajstić information content (AvgIpc) is 2.74. The molecule has 1 aromatic heterocycles. The fourth-order valence-electron chi connectivity index (χ4n) is 1.38. The highest BCUT2D eigenvalue weighted by Crippen LogP contribution is 2.18. The summed E-state index contributed by atoms with van der Waals surface area (Å²) >= 11 is 0. The van der Waals surface area contributed by atoms with Crippen LogP contribution in [0.3, 0.4) is 0 Å². The van der Waals surface area contributed by atoms with Gasteiger partial charge >= 0.3 is 0 Å². The molecule has 1 unspecified atom stereocenters. The molecule has 96 valence electrons. The number of hydrogen-bond donors (Lipinski definition) is 2. The number of rotatable bonds is 8. The van der Waals surface area contributed by atoms with Crippen LogP contribution in [0.15, 0.2) is 4.52 Å². The summed E-state index contributed by atoms with van der Waals surface area (Å²) < 4.78 is 10.3. The molecular formula is C10H18N4O3. The lowest BCUT2D eigenvalue weighted by molar-refractivity contribution is -0.117. The van der Waals surface area contributed by atoms with Crippen LogP contribution in [0.25, 0.3) is 0 Å². The highest BCUT2D eigenvalue weighted by Gasteiger charge is 2.16. The van der Waals surface area contributed by atoms with Crippen molar-refractivity contribution in [2.45, 2.75) is 32.4 Å². The third-order valence-electron chi connectivity index (χ3n) is 2.18. The van der Waals surface area contributed by atoms with Crippen LogP contribution < -0.4 is 11.1 Å².